The van der Waals surface area contributed by atoms with Gasteiger partial charge in [-0.25, -0.2) is 0 Å². The number of rotatable bonds is 4. The van der Waals surface area contributed by atoms with Crippen molar-refractivity contribution in [1.82, 2.24) is 5.32 Å². The molecule has 0 aromatic heterocycles. The Labute approximate surface area is 92.6 Å². The fraction of sp³-hybridized carbons (Fsp3) is 0.917. The van der Waals surface area contributed by atoms with Crippen molar-refractivity contribution in [3.05, 3.63) is 0 Å². The first-order chi connectivity index (χ1) is 6.96. The summed E-state index contributed by atoms with van der Waals surface area (Å²) < 4.78 is 4.93. The number of hydrogen-bond donors (Lipinski definition) is 1. The van der Waals surface area contributed by atoms with Crippen LogP contribution in [0.25, 0.3) is 0 Å². The summed E-state index contributed by atoms with van der Waals surface area (Å²) in [5.41, 5.74) is -0.177. The van der Waals surface area contributed by atoms with Gasteiger partial charge in [-0.3, -0.25) is 4.79 Å². The van der Waals surface area contributed by atoms with Crippen LogP contribution in [0.1, 0.15) is 46.5 Å². The molecule has 0 spiro atoms. The number of carbonyl (C=O) groups excluding carboxylic acids is 1. The van der Waals surface area contributed by atoms with Gasteiger partial charge in [0.15, 0.2) is 0 Å². The smallest absolute Gasteiger partial charge is 0.326 e. The summed E-state index contributed by atoms with van der Waals surface area (Å²) in [6, 6.07) is 0. The van der Waals surface area contributed by atoms with Gasteiger partial charge in [-0.05, 0) is 37.6 Å². The quantitative estimate of drug-likeness (QED) is 0.727. The number of nitrogens with one attached hydrogen (secondary N) is 1. The average Bonchev–Trinajstić information content (AvgIpc) is 2.51. The number of carbonyl (C=O) groups is 1. The predicted molar refractivity (Wildman–Crippen MR) is 60.7 cm³/mol. The van der Waals surface area contributed by atoms with Crippen LogP contribution in [0.4, 0.5) is 0 Å². The van der Waals surface area contributed by atoms with Crippen molar-refractivity contribution in [2.75, 3.05) is 13.7 Å². The van der Waals surface area contributed by atoms with E-state index in [4.69, 9.17) is 4.74 Å². The van der Waals surface area contributed by atoms with Crippen LogP contribution in [0, 0.1) is 5.41 Å². The maximum atomic E-state index is 11.8. The van der Waals surface area contributed by atoms with Gasteiger partial charge in [-0.1, -0.05) is 20.8 Å². The number of methoxy groups -OCH3 is 1. The van der Waals surface area contributed by atoms with E-state index in [-0.39, 0.29) is 11.4 Å². The Hall–Kier alpha value is -0.570. The van der Waals surface area contributed by atoms with E-state index in [0.29, 0.717) is 0 Å². The molecule has 0 bridgehead atoms. The molecule has 0 aromatic rings. The minimum atomic E-state index is -0.422. The molecule has 3 heteroatoms. The van der Waals surface area contributed by atoms with Crippen molar-refractivity contribution in [3.8, 4) is 0 Å². The molecule has 0 amide bonds. The van der Waals surface area contributed by atoms with E-state index in [1.807, 2.05) is 0 Å². The lowest BCUT2D eigenvalue weighted by Crippen LogP contribution is -2.51. The van der Waals surface area contributed by atoms with E-state index in [1.54, 1.807) is 0 Å². The second-order valence-corrected chi connectivity index (χ2v) is 5.34. The van der Waals surface area contributed by atoms with E-state index in [1.165, 1.54) is 7.11 Å². The Kier molecular flexibility index (Phi) is 3.77. The summed E-state index contributed by atoms with van der Waals surface area (Å²) in [5, 5.41) is 3.38. The van der Waals surface area contributed by atoms with Crippen molar-refractivity contribution in [2.24, 2.45) is 5.41 Å². The highest BCUT2D eigenvalue weighted by atomic mass is 16.5. The molecule has 1 aliphatic carbocycles. The summed E-state index contributed by atoms with van der Waals surface area (Å²) in [6.07, 6.45) is 3.90. The van der Waals surface area contributed by atoms with Gasteiger partial charge in [-0.15, -0.1) is 0 Å². The van der Waals surface area contributed by atoms with E-state index in [2.05, 4.69) is 26.1 Å². The molecule has 1 atom stereocenters. The second kappa shape index (κ2) is 4.52. The molecule has 0 heterocycles. The van der Waals surface area contributed by atoms with Crippen LogP contribution in [-0.2, 0) is 9.53 Å². The lowest BCUT2D eigenvalue weighted by Gasteiger charge is -2.29. The molecule has 0 aromatic carbocycles. The summed E-state index contributed by atoms with van der Waals surface area (Å²) in [7, 11) is 1.48. The molecule has 1 saturated carbocycles. The average molecular weight is 213 g/mol. The molecule has 1 fully saturated rings. The molecular weight excluding hydrogens is 190 g/mol. The molecule has 0 saturated heterocycles. The lowest BCUT2D eigenvalue weighted by atomic mass is 9.87. The third-order valence-electron chi connectivity index (χ3n) is 3.30. The van der Waals surface area contributed by atoms with Crippen molar-refractivity contribution in [3.63, 3.8) is 0 Å². The highest BCUT2D eigenvalue weighted by Crippen LogP contribution is 2.44. The van der Waals surface area contributed by atoms with Gasteiger partial charge in [0.2, 0.25) is 0 Å². The van der Waals surface area contributed by atoms with E-state index in [0.717, 1.165) is 32.2 Å². The van der Waals surface area contributed by atoms with Crippen LogP contribution < -0.4 is 5.32 Å². The first-order valence-electron chi connectivity index (χ1n) is 5.79. The molecule has 1 aliphatic rings. The Morgan fingerprint density at radius 2 is 2.07 bits per heavy atom. The Bertz CT molecular complexity index is 238. The summed E-state index contributed by atoms with van der Waals surface area (Å²) >= 11 is 0. The van der Waals surface area contributed by atoms with Crippen LogP contribution in [0.2, 0.25) is 0 Å². The summed E-state index contributed by atoms with van der Waals surface area (Å²) in [6.45, 7) is 7.42. The molecule has 1 rings (SSSR count). The fourth-order valence-electron chi connectivity index (χ4n) is 2.50. The molecule has 15 heavy (non-hydrogen) atoms. The van der Waals surface area contributed by atoms with Gasteiger partial charge in [-0.2, -0.15) is 0 Å². The van der Waals surface area contributed by atoms with Crippen molar-refractivity contribution in [1.29, 1.82) is 0 Å². The van der Waals surface area contributed by atoms with Crippen molar-refractivity contribution in [2.45, 2.75) is 52.0 Å². The lowest BCUT2D eigenvalue weighted by molar-refractivity contribution is -0.148. The predicted octanol–water partition coefficient (Wildman–Crippen LogP) is 2.11. The van der Waals surface area contributed by atoms with Crippen LogP contribution in [0.3, 0.4) is 0 Å². The SMILES string of the molecule is CCCNC1(C(=O)OC)CCC(C)(C)C1. The van der Waals surface area contributed by atoms with E-state index >= 15 is 0 Å². The van der Waals surface area contributed by atoms with Crippen LogP contribution in [0.15, 0.2) is 0 Å². The van der Waals surface area contributed by atoms with E-state index in [9.17, 15) is 4.79 Å². The van der Waals surface area contributed by atoms with Gasteiger partial charge < -0.3 is 10.1 Å². The largest absolute Gasteiger partial charge is 0.468 e. The monoisotopic (exact) mass is 213 g/mol. The first kappa shape index (κ1) is 12.5. The zero-order chi connectivity index (χ0) is 11.5. The van der Waals surface area contributed by atoms with Crippen molar-refractivity contribution >= 4 is 5.97 Å². The maximum Gasteiger partial charge on any atom is 0.326 e. The van der Waals surface area contributed by atoms with Gasteiger partial charge in [0, 0.05) is 0 Å². The maximum absolute atomic E-state index is 11.8. The van der Waals surface area contributed by atoms with Gasteiger partial charge in [0.1, 0.15) is 5.54 Å². The zero-order valence-corrected chi connectivity index (χ0v) is 10.4. The third-order valence-corrected chi connectivity index (χ3v) is 3.30. The van der Waals surface area contributed by atoms with Crippen LogP contribution in [-0.4, -0.2) is 25.2 Å². The zero-order valence-electron chi connectivity index (χ0n) is 10.4. The Morgan fingerprint density at radius 3 is 2.47 bits per heavy atom. The second-order valence-electron chi connectivity index (χ2n) is 5.34. The molecule has 0 radical (unpaired) electrons. The first-order valence-corrected chi connectivity index (χ1v) is 5.79. The summed E-state index contributed by atoms with van der Waals surface area (Å²) in [5.74, 6) is -0.0958. The number of hydrogen-bond acceptors (Lipinski definition) is 3. The van der Waals surface area contributed by atoms with Gasteiger partial charge >= 0.3 is 5.97 Å². The molecule has 1 unspecified atom stereocenters. The van der Waals surface area contributed by atoms with Gasteiger partial charge in [0.05, 0.1) is 7.11 Å². The normalized spacial score (nSPS) is 29.1. The number of esters is 1. The molecule has 0 aliphatic heterocycles. The van der Waals surface area contributed by atoms with Crippen molar-refractivity contribution < 1.29 is 9.53 Å². The molecule has 3 nitrogen and oxygen atoms in total. The number of ether oxygens (including phenoxy) is 1. The molecule has 88 valence electrons. The van der Waals surface area contributed by atoms with Crippen LogP contribution in [0.5, 0.6) is 0 Å². The Morgan fingerprint density at radius 1 is 1.40 bits per heavy atom. The Balaban J connectivity index is 2.75. The minimum absolute atomic E-state index is 0.0958. The van der Waals surface area contributed by atoms with Gasteiger partial charge in [0.25, 0.3) is 0 Å². The third kappa shape index (κ3) is 2.71. The minimum Gasteiger partial charge on any atom is -0.468 e. The summed E-state index contributed by atoms with van der Waals surface area (Å²) in [4.78, 5) is 11.8. The highest BCUT2D eigenvalue weighted by molar-refractivity contribution is 5.81. The molecule has 1 N–H and O–H groups in total. The van der Waals surface area contributed by atoms with Crippen LogP contribution >= 0.6 is 0 Å². The highest BCUT2D eigenvalue weighted by Gasteiger charge is 2.48. The fourth-order valence-corrected chi connectivity index (χ4v) is 2.50. The standard InChI is InChI=1S/C12H23NO2/c1-5-8-13-12(10(14)15-4)7-6-11(2,3)9-12/h13H,5-9H2,1-4H3. The van der Waals surface area contributed by atoms with E-state index < -0.39 is 5.54 Å². The molecular formula is C12H23NO2. The topological polar surface area (TPSA) is 38.3 Å².